The topological polar surface area (TPSA) is 111 Å². The van der Waals surface area contributed by atoms with Crippen LogP contribution in [0.4, 0.5) is 8.78 Å². The highest BCUT2D eigenvalue weighted by Gasteiger charge is 2.33. The van der Waals surface area contributed by atoms with Crippen LogP contribution in [0, 0.1) is 34.8 Å². The van der Waals surface area contributed by atoms with Crippen LogP contribution in [-0.4, -0.2) is 36.3 Å². The Labute approximate surface area is 179 Å². The van der Waals surface area contributed by atoms with E-state index < -0.39 is 35.5 Å². The lowest BCUT2D eigenvalue weighted by atomic mass is 9.98. The number of nitrogens with zero attached hydrogens (tertiary/aromatic N) is 1. The van der Waals surface area contributed by atoms with Crippen LogP contribution in [0.5, 0.6) is 0 Å². The Kier molecular flexibility index (Phi) is 7.55. The van der Waals surface area contributed by atoms with E-state index in [4.69, 9.17) is 0 Å². The van der Waals surface area contributed by atoms with E-state index in [9.17, 15) is 28.4 Å². The highest BCUT2D eigenvalue weighted by atomic mass is 19.1. The van der Waals surface area contributed by atoms with Crippen molar-refractivity contribution in [2.45, 2.75) is 57.0 Å². The third kappa shape index (κ3) is 7.02. The highest BCUT2D eigenvalue weighted by Crippen LogP contribution is 2.33. The molecule has 2 fully saturated rings. The van der Waals surface area contributed by atoms with Gasteiger partial charge in [-0.2, -0.15) is 5.26 Å². The number of nitriles is 1. The maximum absolute atomic E-state index is 13.3. The molecule has 1 aliphatic heterocycles. The van der Waals surface area contributed by atoms with Gasteiger partial charge >= 0.3 is 0 Å². The van der Waals surface area contributed by atoms with Crippen molar-refractivity contribution < 1.29 is 23.2 Å². The van der Waals surface area contributed by atoms with Crippen molar-refractivity contribution in [2.24, 2.45) is 11.8 Å². The third-order valence-corrected chi connectivity index (χ3v) is 5.64. The van der Waals surface area contributed by atoms with Crippen molar-refractivity contribution >= 4 is 17.7 Å². The van der Waals surface area contributed by atoms with Gasteiger partial charge in [0, 0.05) is 24.9 Å². The monoisotopic (exact) mass is 432 g/mol. The second-order valence-corrected chi connectivity index (χ2v) is 8.28. The number of benzene rings is 1. The molecular weight excluding hydrogens is 406 g/mol. The molecule has 1 aliphatic carbocycles. The Balaban J connectivity index is 1.54. The Morgan fingerprint density at radius 2 is 1.84 bits per heavy atom. The van der Waals surface area contributed by atoms with E-state index in [2.05, 4.69) is 16.0 Å². The second kappa shape index (κ2) is 10.3. The minimum absolute atomic E-state index is 0.0265. The van der Waals surface area contributed by atoms with Crippen LogP contribution in [0.15, 0.2) is 18.2 Å². The first-order valence-corrected chi connectivity index (χ1v) is 10.6. The number of carbonyl (C=O) groups excluding carboxylic acids is 3. The number of amides is 3. The van der Waals surface area contributed by atoms with Crippen molar-refractivity contribution in [2.75, 3.05) is 6.54 Å². The van der Waals surface area contributed by atoms with Crippen LogP contribution >= 0.6 is 0 Å². The molecule has 3 N–H and O–H groups in total. The molecule has 1 aromatic carbocycles. The quantitative estimate of drug-likeness (QED) is 0.523. The molecule has 31 heavy (non-hydrogen) atoms. The van der Waals surface area contributed by atoms with E-state index in [-0.39, 0.29) is 31.1 Å². The summed E-state index contributed by atoms with van der Waals surface area (Å²) >= 11 is 0. The van der Waals surface area contributed by atoms with Gasteiger partial charge in [0.05, 0.1) is 6.07 Å². The summed E-state index contributed by atoms with van der Waals surface area (Å²) in [6.45, 7) is 0.561. The number of hydrogen-bond acceptors (Lipinski definition) is 4. The van der Waals surface area contributed by atoms with E-state index in [1.807, 2.05) is 6.07 Å². The van der Waals surface area contributed by atoms with Gasteiger partial charge in [-0.1, -0.05) is 12.8 Å². The molecule has 1 saturated heterocycles. The molecule has 1 saturated carbocycles. The molecule has 0 unspecified atom stereocenters. The zero-order chi connectivity index (χ0) is 22.4. The average Bonchev–Trinajstić information content (AvgIpc) is 3.45. The Bertz CT molecular complexity index is 862. The largest absolute Gasteiger partial charge is 0.356 e. The van der Waals surface area contributed by atoms with Gasteiger partial charge in [0.1, 0.15) is 23.7 Å². The Hall–Kier alpha value is -3.02. The molecule has 0 spiro atoms. The zero-order valence-electron chi connectivity index (χ0n) is 17.1. The second-order valence-electron chi connectivity index (χ2n) is 8.28. The van der Waals surface area contributed by atoms with E-state index in [1.54, 1.807) is 0 Å². The van der Waals surface area contributed by atoms with E-state index in [0.717, 1.165) is 18.9 Å². The van der Waals surface area contributed by atoms with Gasteiger partial charge in [0.25, 0.3) is 0 Å². The number of hydrogen-bond donors (Lipinski definition) is 3. The summed E-state index contributed by atoms with van der Waals surface area (Å²) in [6, 6.07) is 3.50. The van der Waals surface area contributed by atoms with Crippen LogP contribution < -0.4 is 16.0 Å². The molecule has 1 heterocycles. The van der Waals surface area contributed by atoms with Crippen LogP contribution in [0.2, 0.25) is 0 Å². The number of rotatable bonds is 10. The molecule has 1 aromatic rings. The van der Waals surface area contributed by atoms with Crippen molar-refractivity contribution in [3.05, 3.63) is 35.4 Å². The average molecular weight is 432 g/mol. The molecule has 0 aromatic heterocycles. The lowest BCUT2D eigenvalue weighted by molar-refractivity contribution is -0.129. The SMILES string of the molecule is N#C[C@H](C[C@@H]1CCNC1=O)NC(=O)[C@H](CC1CC1)NC(=O)CCc1cc(F)cc(F)c1. The number of halogens is 2. The molecule has 9 heteroatoms. The minimum atomic E-state index is -0.824. The van der Waals surface area contributed by atoms with Crippen molar-refractivity contribution in [3.63, 3.8) is 0 Å². The number of carbonyl (C=O) groups is 3. The summed E-state index contributed by atoms with van der Waals surface area (Å²) in [6.07, 6.45) is 3.38. The van der Waals surface area contributed by atoms with Gasteiger partial charge in [0.15, 0.2) is 0 Å². The summed E-state index contributed by atoms with van der Waals surface area (Å²) in [4.78, 5) is 36.9. The minimum Gasteiger partial charge on any atom is -0.356 e. The fourth-order valence-electron chi connectivity index (χ4n) is 3.77. The standard InChI is InChI=1S/C22H26F2N4O3/c23-16-7-14(8-17(24)11-16)3-4-20(29)28-19(9-13-1-2-13)22(31)27-18(12-25)10-15-5-6-26-21(15)30/h7-8,11,13,15,18-19H,1-6,9-10H2,(H,26,30)(H,27,31)(H,28,29)/t15-,18-,19-/m0/s1. The van der Waals surface area contributed by atoms with Crippen molar-refractivity contribution in [3.8, 4) is 6.07 Å². The van der Waals surface area contributed by atoms with Gasteiger partial charge in [-0.3, -0.25) is 14.4 Å². The van der Waals surface area contributed by atoms with Gasteiger partial charge in [-0.15, -0.1) is 0 Å². The predicted molar refractivity (Wildman–Crippen MR) is 107 cm³/mol. The van der Waals surface area contributed by atoms with Gasteiger partial charge in [0.2, 0.25) is 17.7 Å². The molecule has 0 bridgehead atoms. The predicted octanol–water partition coefficient (Wildman–Crippen LogP) is 1.72. The summed E-state index contributed by atoms with van der Waals surface area (Å²) in [5.74, 6) is -2.37. The fraction of sp³-hybridized carbons (Fsp3) is 0.545. The first-order valence-electron chi connectivity index (χ1n) is 10.6. The summed E-state index contributed by atoms with van der Waals surface area (Å²) < 4.78 is 26.6. The Morgan fingerprint density at radius 1 is 1.13 bits per heavy atom. The van der Waals surface area contributed by atoms with Crippen LogP contribution in [0.25, 0.3) is 0 Å². The summed E-state index contributed by atoms with van der Waals surface area (Å²) in [5, 5.41) is 17.4. The molecule has 3 amide bonds. The fourth-order valence-corrected chi connectivity index (χ4v) is 3.77. The van der Waals surface area contributed by atoms with Crippen molar-refractivity contribution in [1.82, 2.24) is 16.0 Å². The van der Waals surface area contributed by atoms with Gasteiger partial charge in [-0.25, -0.2) is 8.78 Å². The first kappa shape index (κ1) is 22.7. The lowest BCUT2D eigenvalue weighted by Crippen LogP contribution is -2.50. The van der Waals surface area contributed by atoms with Crippen molar-refractivity contribution in [1.29, 1.82) is 5.26 Å². The number of aryl methyl sites for hydroxylation is 1. The van der Waals surface area contributed by atoms with E-state index >= 15 is 0 Å². The molecule has 2 aliphatic rings. The molecule has 0 radical (unpaired) electrons. The normalized spacial score (nSPS) is 19.8. The van der Waals surface area contributed by atoms with Gasteiger partial charge in [-0.05, 0) is 49.3 Å². The number of nitrogens with one attached hydrogen (secondary N) is 3. The van der Waals surface area contributed by atoms with Crippen LogP contribution in [-0.2, 0) is 20.8 Å². The Morgan fingerprint density at radius 3 is 2.42 bits per heavy atom. The summed E-state index contributed by atoms with van der Waals surface area (Å²) in [7, 11) is 0. The molecule has 3 atom stereocenters. The maximum atomic E-state index is 13.3. The molecular formula is C22H26F2N4O3. The maximum Gasteiger partial charge on any atom is 0.243 e. The van der Waals surface area contributed by atoms with E-state index in [0.29, 0.717) is 30.9 Å². The highest BCUT2D eigenvalue weighted by molar-refractivity contribution is 5.88. The van der Waals surface area contributed by atoms with Crippen LogP contribution in [0.1, 0.15) is 44.1 Å². The third-order valence-electron chi connectivity index (χ3n) is 5.64. The van der Waals surface area contributed by atoms with Gasteiger partial charge < -0.3 is 16.0 Å². The molecule has 7 nitrogen and oxygen atoms in total. The van der Waals surface area contributed by atoms with E-state index in [1.165, 1.54) is 12.1 Å². The zero-order valence-corrected chi connectivity index (χ0v) is 17.1. The van der Waals surface area contributed by atoms with Crippen LogP contribution in [0.3, 0.4) is 0 Å². The first-order chi connectivity index (χ1) is 14.8. The molecule has 3 rings (SSSR count). The molecule has 166 valence electrons. The summed E-state index contributed by atoms with van der Waals surface area (Å²) in [5.41, 5.74) is 0.357. The smallest absolute Gasteiger partial charge is 0.243 e. The lowest BCUT2D eigenvalue weighted by Gasteiger charge is -2.21.